The molecule has 0 unspecified atom stereocenters. The van der Waals surface area contributed by atoms with Gasteiger partial charge in [-0.2, -0.15) is 0 Å². The van der Waals surface area contributed by atoms with Crippen molar-refractivity contribution in [1.82, 2.24) is 0 Å². The summed E-state index contributed by atoms with van der Waals surface area (Å²) in [5.41, 5.74) is 0. The van der Waals surface area contributed by atoms with Crippen LogP contribution in [0, 0.1) is 0 Å². The minimum absolute atomic E-state index is 0.453. The van der Waals surface area contributed by atoms with E-state index in [9.17, 15) is 0 Å². The third-order valence-electron chi connectivity index (χ3n) is 1.57. The van der Waals surface area contributed by atoms with Crippen molar-refractivity contribution >= 4 is 0 Å². The molecule has 0 atom stereocenters. The van der Waals surface area contributed by atoms with Crippen LogP contribution in [-0.4, -0.2) is 13.2 Å². The molecule has 0 heterocycles. The molecule has 0 aliphatic carbocycles. The third-order valence-corrected chi connectivity index (χ3v) is 1.57. The summed E-state index contributed by atoms with van der Waals surface area (Å²) in [7, 11) is 0. The molecule has 0 aromatic carbocycles. The van der Waals surface area contributed by atoms with Crippen LogP contribution < -0.4 is 0 Å². The van der Waals surface area contributed by atoms with E-state index in [1.54, 1.807) is 0 Å². The van der Waals surface area contributed by atoms with E-state index in [4.69, 9.17) is 9.47 Å². The third kappa shape index (κ3) is 7.45. The van der Waals surface area contributed by atoms with Gasteiger partial charge in [-0.15, -0.1) is 0 Å². The van der Waals surface area contributed by atoms with Crippen LogP contribution in [0.2, 0.25) is 0 Å². The van der Waals surface area contributed by atoms with Crippen LogP contribution in [0.1, 0.15) is 39.5 Å². The Hall–Kier alpha value is -0.660. The fourth-order valence-corrected chi connectivity index (χ4v) is 0.917. The van der Waals surface area contributed by atoms with E-state index in [-0.39, 0.29) is 0 Å². The Morgan fingerprint density at radius 3 is 2.42 bits per heavy atom. The SMILES string of the molecule is C=C(OCC)OCCCCCC. The number of hydrogen-bond acceptors (Lipinski definition) is 2. The van der Waals surface area contributed by atoms with E-state index in [0.29, 0.717) is 12.6 Å². The summed E-state index contributed by atoms with van der Waals surface area (Å²) in [6.07, 6.45) is 4.87. The van der Waals surface area contributed by atoms with Gasteiger partial charge >= 0.3 is 0 Å². The molecule has 0 aromatic heterocycles. The van der Waals surface area contributed by atoms with Crippen molar-refractivity contribution in [2.24, 2.45) is 0 Å². The van der Waals surface area contributed by atoms with Gasteiger partial charge in [0, 0.05) is 0 Å². The molecule has 0 saturated carbocycles. The average molecular weight is 172 g/mol. The minimum Gasteiger partial charge on any atom is -0.466 e. The summed E-state index contributed by atoms with van der Waals surface area (Å²) in [5, 5.41) is 0. The Bertz CT molecular complexity index is 110. The number of rotatable bonds is 8. The smallest absolute Gasteiger partial charge is 0.271 e. The first-order valence-electron chi connectivity index (χ1n) is 4.75. The zero-order valence-electron chi connectivity index (χ0n) is 8.27. The van der Waals surface area contributed by atoms with Crippen LogP contribution in [0.4, 0.5) is 0 Å². The molecule has 0 aliphatic heterocycles. The molecule has 0 N–H and O–H groups in total. The Kier molecular flexibility index (Phi) is 7.97. The molecule has 2 nitrogen and oxygen atoms in total. The Morgan fingerprint density at radius 1 is 1.08 bits per heavy atom. The average Bonchev–Trinajstić information content (AvgIpc) is 2.05. The highest BCUT2D eigenvalue weighted by Gasteiger charge is 1.93. The highest BCUT2D eigenvalue weighted by molar-refractivity contribution is 4.66. The van der Waals surface area contributed by atoms with Gasteiger partial charge in [0.1, 0.15) is 0 Å². The van der Waals surface area contributed by atoms with Crippen molar-refractivity contribution in [1.29, 1.82) is 0 Å². The van der Waals surface area contributed by atoms with Gasteiger partial charge in [-0.1, -0.05) is 26.2 Å². The van der Waals surface area contributed by atoms with Gasteiger partial charge in [0.15, 0.2) is 0 Å². The monoisotopic (exact) mass is 172 g/mol. The van der Waals surface area contributed by atoms with Crippen LogP contribution in [0.15, 0.2) is 12.5 Å². The first-order valence-corrected chi connectivity index (χ1v) is 4.75. The van der Waals surface area contributed by atoms with E-state index >= 15 is 0 Å². The van der Waals surface area contributed by atoms with Crippen molar-refractivity contribution in [3.63, 3.8) is 0 Å². The molecular weight excluding hydrogens is 152 g/mol. The lowest BCUT2D eigenvalue weighted by Crippen LogP contribution is -1.98. The number of unbranched alkanes of at least 4 members (excludes halogenated alkanes) is 3. The highest BCUT2D eigenvalue weighted by Crippen LogP contribution is 2.02. The Morgan fingerprint density at radius 2 is 1.83 bits per heavy atom. The Balaban J connectivity index is 3.03. The summed E-state index contributed by atoms with van der Waals surface area (Å²) in [6.45, 7) is 9.10. The molecule has 0 rings (SSSR count). The second kappa shape index (κ2) is 8.44. The van der Waals surface area contributed by atoms with Crippen LogP contribution >= 0.6 is 0 Å². The molecule has 0 fully saturated rings. The predicted molar refractivity (Wildman–Crippen MR) is 50.9 cm³/mol. The van der Waals surface area contributed by atoms with E-state index in [1.165, 1.54) is 19.3 Å². The fraction of sp³-hybridized carbons (Fsp3) is 0.800. The van der Waals surface area contributed by atoms with Crippen LogP contribution in [-0.2, 0) is 9.47 Å². The summed E-state index contributed by atoms with van der Waals surface area (Å²) < 4.78 is 10.2. The maximum atomic E-state index is 5.21. The van der Waals surface area contributed by atoms with Crippen LogP contribution in [0.25, 0.3) is 0 Å². The first kappa shape index (κ1) is 11.3. The lowest BCUT2D eigenvalue weighted by atomic mass is 10.2. The maximum absolute atomic E-state index is 5.21. The van der Waals surface area contributed by atoms with E-state index in [2.05, 4.69) is 13.5 Å². The van der Waals surface area contributed by atoms with E-state index in [0.717, 1.165) is 13.0 Å². The van der Waals surface area contributed by atoms with Gasteiger partial charge in [0.2, 0.25) is 0 Å². The Labute approximate surface area is 75.6 Å². The van der Waals surface area contributed by atoms with E-state index in [1.807, 2.05) is 6.92 Å². The molecule has 0 saturated heterocycles. The van der Waals surface area contributed by atoms with Crippen molar-refractivity contribution in [3.8, 4) is 0 Å². The van der Waals surface area contributed by atoms with Crippen molar-refractivity contribution in [2.75, 3.05) is 13.2 Å². The summed E-state index contributed by atoms with van der Waals surface area (Å²) in [5.74, 6) is 0.453. The minimum atomic E-state index is 0.453. The molecule has 0 amide bonds. The highest BCUT2D eigenvalue weighted by atomic mass is 16.7. The predicted octanol–water partition coefficient (Wildman–Crippen LogP) is 3.09. The second-order valence-electron chi connectivity index (χ2n) is 2.71. The molecule has 0 bridgehead atoms. The lowest BCUT2D eigenvalue weighted by Gasteiger charge is -2.08. The summed E-state index contributed by atoms with van der Waals surface area (Å²) in [6, 6.07) is 0. The van der Waals surface area contributed by atoms with Gasteiger partial charge < -0.3 is 9.47 Å². The normalized spacial score (nSPS) is 9.50. The summed E-state index contributed by atoms with van der Waals surface area (Å²) >= 11 is 0. The van der Waals surface area contributed by atoms with Gasteiger partial charge in [-0.3, -0.25) is 0 Å². The first-order chi connectivity index (χ1) is 5.81. The molecule has 0 aromatic rings. The largest absolute Gasteiger partial charge is 0.466 e. The zero-order valence-corrected chi connectivity index (χ0v) is 8.27. The topological polar surface area (TPSA) is 18.5 Å². The van der Waals surface area contributed by atoms with Crippen LogP contribution in [0.5, 0.6) is 0 Å². The van der Waals surface area contributed by atoms with Gasteiger partial charge in [-0.25, -0.2) is 0 Å². The molecular formula is C10H20O2. The van der Waals surface area contributed by atoms with Crippen LogP contribution in [0.3, 0.4) is 0 Å². The molecule has 0 spiro atoms. The van der Waals surface area contributed by atoms with Crippen molar-refractivity contribution < 1.29 is 9.47 Å². The second-order valence-corrected chi connectivity index (χ2v) is 2.71. The quantitative estimate of drug-likeness (QED) is 0.414. The molecule has 0 radical (unpaired) electrons. The van der Waals surface area contributed by atoms with Crippen molar-refractivity contribution in [2.45, 2.75) is 39.5 Å². The summed E-state index contributed by atoms with van der Waals surface area (Å²) in [4.78, 5) is 0. The number of hydrogen-bond donors (Lipinski definition) is 0. The fourth-order valence-electron chi connectivity index (χ4n) is 0.917. The standard InChI is InChI=1S/C10H20O2/c1-4-6-7-8-9-12-10(3)11-5-2/h3-9H2,1-2H3. The molecule has 0 aliphatic rings. The van der Waals surface area contributed by atoms with Crippen molar-refractivity contribution in [3.05, 3.63) is 12.5 Å². The maximum Gasteiger partial charge on any atom is 0.271 e. The van der Waals surface area contributed by atoms with E-state index < -0.39 is 0 Å². The number of ether oxygens (including phenoxy) is 2. The lowest BCUT2D eigenvalue weighted by molar-refractivity contribution is 0.0411. The molecule has 12 heavy (non-hydrogen) atoms. The van der Waals surface area contributed by atoms with Gasteiger partial charge in [0.05, 0.1) is 13.2 Å². The zero-order chi connectivity index (χ0) is 9.23. The van der Waals surface area contributed by atoms with Gasteiger partial charge in [-0.05, 0) is 19.9 Å². The van der Waals surface area contributed by atoms with Gasteiger partial charge in [0.25, 0.3) is 5.95 Å². The molecule has 72 valence electrons. The molecule has 2 heteroatoms.